The number of rotatable bonds is 4. The number of pyridine rings is 1. The number of hydrogen-bond donors (Lipinski definition) is 4. The number of hydrogen-bond acceptors (Lipinski definition) is 7. The lowest BCUT2D eigenvalue weighted by molar-refractivity contribution is -0.136. The van der Waals surface area contributed by atoms with Crippen LogP contribution in [0.2, 0.25) is 0 Å². The smallest absolute Gasteiger partial charge is 0.258 e. The molecule has 2 bridgehead atoms. The van der Waals surface area contributed by atoms with Gasteiger partial charge >= 0.3 is 0 Å². The van der Waals surface area contributed by atoms with Crippen LogP contribution in [0.3, 0.4) is 0 Å². The van der Waals surface area contributed by atoms with Crippen LogP contribution in [0.1, 0.15) is 49.0 Å². The van der Waals surface area contributed by atoms with Crippen molar-refractivity contribution in [1.82, 2.24) is 31.2 Å². The molecule has 4 N–H and O–H groups in total. The number of nitrogens with zero attached hydrogens (tertiary/aromatic N) is 2. The average molecular weight is 581 g/mol. The summed E-state index contributed by atoms with van der Waals surface area (Å²) in [5, 5.41) is 11.2. The van der Waals surface area contributed by atoms with Crippen molar-refractivity contribution in [2.45, 2.75) is 51.6 Å². The summed E-state index contributed by atoms with van der Waals surface area (Å²) in [5.41, 5.74) is 1.14. The SMILES string of the molecule is CC(C)C[C@@H]1NC(=O)CCCNC(=O)[C@@H](NC(=O)c2ccncc2)Cc2ccc(cc2)OCC(=O)NCCN(C)C1=O. The van der Waals surface area contributed by atoms with Gasteiger partial charge in [-0.25, -0.2) is 0 Å². The monoisotopic (exact) mass is 580 g/mol. The van der Waals surface area contributed by atoms with Crippen LogP contribution in [-0.4, -0.2) is 84.8 Å². The Morgan fingerprint density at radius 2 is 1.74 bits per heavy atom. The Bertz CT molecular complexity index is 1220. The highest BCUT2D eigenvalue weighted by Crippen LogP contribution is 2.14. The number of fused-ring (bicyclic) bond motifs is 19. The molecule has 0 unspecified atom stereocenters. The van der Waals surface area contributed by atoms with Crippen molar-refractivity contribution in [2.24, 2.45) is 5.92 Å². The number of carbonyl (C=O) groups excluding carboxylic acids is 5. The van der Waals surface area contributed by atoms with Crippen molar-refractivity contribution in [3.05, 3.63) is 59.9 Å². The zero-order chi connectivity index (χ0) is 30.5. The number of likely N-dealkylation sites (N-methyl/N-ethyl adjacent to an activating group) is 1. The van der Waals surface area contributed by atoms with Gasteiger partial charge in [-0.1, -0.05) is 26.0 Å². The summed E-state index contributed by atoms with van der Waals surface area (Å²) in [5.74, 6) is -1.07. The Morgan fingerprint density at radius 3 is 2.43 bits per heavy atom. The standard InChI is InChI=1S/C30H40N6O6/c1-20(2)17-25-30(41)36(3)16-15-32-27(38)19-42-23-8-6-21(7-9-23)18-24(29(40)33-12-4-5-26(37)34-25)35-28(39)22-10-13-31-14-11-22/h6-11,13-14,20,24-25H,4-5,12,15-19H2,1-3H3,(H,32,38)(H,33,40)(H,34,37)(H,35,39)/t24-,25-/m0/s1. The molecular formula is C30H40N6O6. The van der Waals surface area contributed by atoms with Gasteiger partial charge in [-0.05, 0) is 48.6 Å². The minimum absolute atomic E-state index is 0.109. The van der Waals surface area contributed by atoms with Crippen LogP contribution in [0.25, 0.3) is 0 Å². The molecule has 0 saturated heterocycles. The van der Waals surface area contributed by atoms with E-state index < -0.39 is 23.9 Å². The van der Waals surface area contributed by atoms with E-state index in [1.54, 1.807) is 43.4 Å². The molecule has 0 radical (unpaired) electrons. The van der Waals surface area contributed by atoms with Gasteiger partial charge in [-0.2, -0.15) is 0 Å². The highest BCUT2D eigenvalue weighted by atomic mass is 16.5. The zero-order valence-electron chi connectivity index (χ0n) is 24.4. The highest BCUT2D eigenvalue weighted by molar-refractivity contribution is 5.97. The predicted molar refractivity (Wildman–Crippen MR) is 155 cm³/mol. The molecule has 3 heterocycles. The maximum Gasteiger partial charge on any atom is 0.258 e. The maximum absolute atomic E-state index is 13.1. The van der Waals surface area contributed by atoms with Crippen molar-refractivity contribution in [2.75, 3.05) is 33.3 Å². The van der Waals surface area contributed by atoms with E-state index in [1.165, 1.54) is 17.3 Å². The molecule has 226 valence electrons. The van der Waals surface area contributed by atoms with Crippen LogP contribution in [0.5, 0.6) is 5.75 Å². The second-order valence-electron chi connectivity index (χ2n) is 10.7. The van der Waals surface area contributed by atoms with Crippen LogP contribution < -0.4 is 26.0 Å². The van der Waals surface area contributed by atoms with E-state index >= 15 is 0 Å². The third-order valence-corrected chi connectivity index (χ3v) is 6.66. The Labute approximate surface area is 246 Å². The molecule has 2 aliphatic rings. The molecule has 2 atom stereocenters. The molecule has 2 aliphatic heterocycles. The Balaban J connectivity index is 1.75. The number of carbonyl (C=O) groups is 5. The minimum Gasteiger partial charge on any atom is -0.484 e. The van der Waals surface area contributed by atoms with Gasteiger partial charge in [0.15, 0.2) is 6.61 Å². The van der Waals surface area contributed by atoms with Crippen LogP contribution in [0, 0.1) is 5.92 Å². The fourth-order valence-electron chi connectivity index (χ4n) is 4.39. The molecule has 1 aromatic carbocycles. The predicted octanol–water partition coefficient (Wildman–Crippen LogP) is 0.817. The minimum atomic E-state index is -0.890. The number of benzene rings is 1. The molecular weight excluding hydrogens is 540 g/mol. The molecule has 4 rings (SSSR count). The quantitative estimate of drug-likeness (QED) is 0.390. The lowest BCUT2D eigenvalue weighted by Gasteiger charge is -2.26. The number of nitrogens with one attached hydrogen (secondary N) is 4. The molecule has 2 aromatic rings. The van der Waals surface area contributed by atoms with E-state index in [1.807, 2.05) is 13.8 Å². The molecule has 0 fully saturated rings. The fraction of sp³-hybridized carbons (Fsp3) is 0.467. The third kappa shape index (κ3) is 10.5. The topological polar surface area (TPSA) is 159 Å². The molecule has 0 spiro atoms. The highest BCUT2D eigenvalue weighted by Gasteiger charge is 2.25. The second-order valence-corrected chi connectivity index (χ2v) is 10.7. The summed E-state index contributed by atoms with van der Waals surface area (Å²) >= 11 is 0. The second kappa shape index (κ2) is 16.1. The van der Waals surface area contributed by atoms with Gasteiger partial charge in [0.1, 0.15) is 17.8 Å². The van der Waals surface area contributed by atoms with Crippen molar-refractivity contribution in [3.8, 4) is 5.75 Å². The first-order valence-corrected chi connectivity index (χ1v) is 14.1. The fourth-order valence-corrected chi connectivity index (χ4v) is 4.39. The molecule has 12 nitrogen and oxygen atoms in total. The maximum atomic E-state index is 13.1. The van der Waals surface area contributed by atoms with E-state index in [0.29, 0.717) is 24.2 Å². The van der Waals surface area contributed by atoms with Gasteiger partial charge in [0.2, 0.25) is 17.7 Å². The van der Waals surface area contributed by atoms with Crippen LogP contribution in [0.15, 0.2) is 48.8 Å². The van der Waals surface area contributed by atoms with E-state index in [9.17, 15) is 24.0 Å². The van der Waals surface area contributed by atoms with Gasteiger partial charge in [0.05, 0.1) is 0 Å². The van der Waals surface area contributed by atoms with E-state index in [-0.39, 0.29) is 62.7 Å². The van der Waals surface area contributed by atoms with E-state index in [4.69, 9.17) is 4.74 Å². The summed E-state index contributed by atoms with van der Waals surface area (Å²) in [6, 6.07) is 8.41. The van der Waals surface area contributed by atoms with Crippen molar-refractivity contribution in [1.29, 1.82) is 0 Å². The summed E-state index contributed by atoms with van der Waals surface area (Å²) < 4.78 is 5.58. The molecule has 1 aromatic heterocycles. The lowest BCUT2D eigenvalue weighted by Crippen LogP contribution is -2.50. The third-order valence-electron chi connectivity index (χ3n) is 6.66. The molecule has 12 heteroatoms. The number of aromatic nitrogens is 1. The Kier molecular flexibility index (Phi) is 12.3. The first-order valence-electron chi connectivity index (χ1n) is 14.1. The molecule has 0 saturated carbocycles. The normalized spacial score (nSPS) is 20.0. The summed E-state index contributed by atoms with van der Waals surface area (Å²) in [7, 11) is 1.63. The average Bonchev–Trinajstić information content (AvgIpc) is 2.97. The van der Waals surface area contributed by atoms with Crippen LogP contribution >= 0.6 is 0 Å². The van der Waals surface area contributed by atoms with Gasteiger partial charge < -0.3 is 30.9 Å². The van der Waals surface area contributed by atoms with Crippen molar-refractivity contribution in [3.63, 3.8) is 0 Å². The van der Waals surface area contributed by atoms with Gasteiger partial charge in [0, 0.05) is 57.5 Å². The number of amides is 5. The summed E-state index contributed by atoms with van der Waals surface area (Å²) in [6.45, 7) is 4.44. The first kappa shape index (κ1) is 32.0. The zero-order valence-corrected chi connectivity index (χ0v) is 24.4. The molecule has 42 heavy (non-hydrogen) atoms. The first-order chi connectivity index (χ1) is 20.1. The van der Waals surface area contributed by atoms with Crippen molar-refractivity contribution >= 4 is 29.5 Å². The van der Waals surface area contributed by atoms with E-state index in [0.717, 1.165) is 5.56 Å². The summed E-state index contributed by atoms with van der Waals surface area (Å²) in [4.78, 5) is 69.4. The largest absolute Gasteiger partial charge is 0.484 e. The Hall–Kier alpha value is -4.48. The van der Waals surface area contributed by atoms with Crippen molar-refractivity contribution < 1.29 is 28.7 Å². The van der Waals surface area contributed by atoms with Crippen LogP contribution in [0.4, 0.5) is 0 Å². The summed E-state index contributed by atoms with van der Waals surface area (Å²) in [6.07, 6.45) is 4.11. The van der Waals surface area contributed by atoms with Gasteiger partial charge in [-0.15, -0.1) is 0 Å². The lowest BCUT2D eigenvalue weighted by atomic mass is 10.0. The molecule has 0 aliphatic carbocycles. The van der Waals surface area contributed by atoms with Crippen LogP contribution in [-0.2, 0) is 25.6 Å². The Morgan fingerprint density at radius 1 is 1.02 bits per heavy atom. The number of ether oxygens (including phenoxy) is 1. The van der Waals surface area contributed by atoms with Gasteiger partial charge in [0.25, 0.3) is 11.8 Å². The molecule has 5 amide bonds. The van der Waals surface area contributed by atoms with E-state index in [2.05, 4.69) is 26.3 Å². The van der Waals surface area contributed by atoms with Gasteiger partial charge in [-0.3, -0.25) is 29.0 Å².